The molecule has 0 aliphatic carbocycles. The topological polar surface area (TPSA) is 32.3 Å². The summed E-state index contributed by atoms with van der Waals surface area (Å²) in [6.45, 7) is 2.06. The average Bonchev–Trinajstić information content (AvgIpc) is 2.48. The molecule has 0 spiro atoms. The van der Waals surface area contributed by atoms with Crippen LogP contribution in [0.3, 0.4) is 0 Å². The van der Waals surface area contributed by atoms with Crippen molar-refractivity contribution < 1.29 is 4.79 Å². The van der Waals surface area contributed by atoms with E-state index in [4.69, 9.17) is 11.6 Å². The quantitative estimate of drug-likeness (QED) is 0.899. The predicted octanol–water partition coefficient (Wildman–Crippen LogP) is 4.15. The van der Waals surface area contributed by atoms with E-state index >= 15 is 0 Å². The number of hydrogen-bond acceptors (Lipinski definition) is 2. The van der Waals surface area contributed by atoms with Gasteiger partial charge in [0.1, 0.15) is 6.17 Å². The molecule has 4 heteroatoms. The average molecular weight is 287 g/mol. The van der Waals surface area contributed by atoms with Gasteiger partial charge in [-0.2, -0.15) is 0 Å². The summed E-state index contributed by atoms with van der Waals surface area (Å²) in [5, 5.41) is 4.08. The smallest absolute Gasteiger partial charge is 0.262 e. The summed E-state index contributed by atoms with van der Waals surface area (Å²) in [4.78, 5) is 14.5. The lowest BCUT2D eigenvalue weighted by Crippen LogP contribution is -2.48. The van der Waals surface area contributed by atoms with Crippen molar-refractivity contribution in [2.24, 2.45) is 0 Å². The molecule has 1 aliphatic rings. The Kier molecular flexibility index (Phi) is 3.36. The summed E-state index contributed by atoms with van der Waals surface area (Å²) in [7, 11) is 0. The van der Waals surface area contributed by atoms with Gasteiger partial charge in [-0.05, 0) is 42.8 Å². The van der Waals surface area contributed by atoms with Crippen LogP contribution in [0.1, 0.15) is 23.7 Å². The van der Waals surface area contributed by atoms with Crippen molar-refractivity contribution in [1.29, 1.82) is 0 Å². The highest BCUT2D eigenvalue weighted by Gasteiger charge is 2.31. The van der Waals surface area contributed by atoms with E-state index in [1.54, 1.807) is 17.0 Å². The maximum atomic E-state index is 12.7. The van der Waals surface area contributed by atoms with Crippen LogP contribution in [0.5, 0.6) is 0 Å². The van der Waals surface area contributed by atoms with Crippen molar-refractivity contribution >= 4 is 28.9 Å². The molecule has 0 radical (unpaired) electrons. The van der Waals surface area contributed by atoms with E-state index in [0.717, 1.165) is 17.8 Å². The minimum Gasteiger partial charge on any atom is -0.364 e. The molecule has 20 heavy (non-hydrogen) atoms. The Labute approximate surface area is 123 Å². The maximum absolute atomic E-state index is 12.7. The van der Waals surface area contributed by atoms with Crippen LogP contribution in [0.25, 0.3) is 0 Å². The van der Waals surface area contributed by atoms with Crippen LogP contribution in [0.4, 0.5) is 11.4 Å². The minimum absolute atomic E-state index is 0.0218. The molecule has 1 heterocycles. The Morgan fingerprint density at radius 1 is 1.15 bits per heavy atom. The zero-order valence-electron chi connectivity index (χ0n) is 11.1. The Bertz CT molecular complexity index is 639. The highest BCUT2D eigenvalue weighted by Crippen LogP contribution is 2.31. The van der Waals surface area contributed by atoms with Crippen LogP contribution < -0.4 is 10.2 Å². The SMILES string of the molecule is CCC1Nc2ccccc2C(=O)N1c1ccc(Cl)cc1. The Morgan fingerprint density at radius 2 is 1.85 bits per heavy atom. The standard InChI is InChI=1S/C16H15ClN2O/c1-2-15-18-14-6-4-3-5-13(14)16(20)19(15)12-9-7-11(17)8-10-12/h3-10,15,18H,2H2,1H3. The number of carbonyl (C=O) groups excluding carboxylic acids is 1. The van der Waals surface area contributed by atoms with Crippen LogP contribution in [-0.2, 0) is 0 Å². The first-order chi connectivity index (χ1) is 9.70. The van der Waals surface area contributed by atoms with Gasteiger partial charge in [0.15, 0.2) is 0 Å². The van der Waals surface area contributed by atoms with Crippen LogP contribution in [0, 0.1) is 0 Å². The normalized spacial score (nSPS) is 17.6. The van der Waals surface area contributed by atoms with Gasteiger partial charge in [0.05, 0.1) is 5.56 Å². The molecule has 0 saturated carbocycles. The number of para-hydroxylation sites is 1. The van der Waals surface area contributed by atoms with E-state index in [9.17, 15) is 4.79 Å². The second kappa shape index (κ2) is 5.17. The molecule has 3 rings (SSSR count). The van der Waals surface area contributed by atoms with Crippen LogP contribution in [0.15, 0.2) is 48.5 Å². The molecule has 1 atom stereocenters. The molecule has 2 aromatic carbocycles. The third-order valence-corrected chi connectivity index (χ3v) is 3.75. The van der Waals surface area contributed by atoms with Crippen LogP contribution in [0.2, 0.25) is 5.02 Å². The predicted molar refractivity (Wildman–Crippen MR) is 82.4 cm³/mol. The van der Waals surface area contributed by atoms with Gasteiger partial charge < -0.3 is 5.32 Å². The largest absolute Gasteiger partial charge is 0.364 e. The van der Waals surface area contributed by atoms with Crippen molar-refractivity contribution in [3.8, 4) is 0 Å². The first kappa shape index (κ1) is 13.0. The number of anilines is 2. The van der Waals surface area contributed by atoms with Crippen molar-refractivity contribution in [3.05, 3.63) is 59.1 Å². The molecule has 1 N–H and O–H groups in total. The van der Waals surface area contributed by atoms with Gasteiger partial charge >= 0.3 is 0 Å². The van der Waals surface area contributed by atoms with E-state index in [1.807, 2.05) is 36.4 Å². The van der Waals surface area contributed by atoms with E-state index in [1.165, 1.54) is 0 Å². The number of carbonyl (C=O) groups is 1. The minimum atomic E-state index is -0.0430. The molecular weight excluding hydrogens is 272 g/mol. The number of nitrogens with one attached hydrogen (secondary N) is 1. The van der Waals surface area contributed by atoms with Crippen LogP contribution in [-0.4, -0.2) is 12.1 Å². The molecule has 0 bridgehead atoms. The van der Waals surface area contributed by atoms with Crippen molar-refractivity contribution in [2.45, 2.75) is 19.5 Å². The third-order valence-electron chi connectivity index (χ3n) is 3.50. The lowest BCUT2D eigenvalue weighted by atomic mass is 10.1. The fourth-order valence-electron chi connectivity index (χ4n) is 2.49. The van der Waals surface area contributed by atoms with Gasteiger partial charge in [-0.25, -0.2) is 0 Å². The number of rotatable bonds is 2. The second-order valence-corrected chi connectivity index (χ2v) is 5.20. The lowest BCUT2D eigenvalue weighted by molar-refractivity contribution is 0.0974. The van der Waals surface area contributed by atoms with E-state index in [-0.39, 0.29) is 12.1 Å². The molecule has 0 fully saturated rings. The monoisotopic (exact) mass is 286 g/mol. The number of benzene rings is 2. The fourth-order valence-corrected chi connectivity index (χ4v) is 2.62. The van der Waals surface area contributed by atoms with Crippen molar-refractivity contribution in [1.82, 2.24) is 0 Å². The van der Waals surface area contributed by atoms with Gasteiger partial charge in [0, 0.05) is 16.4 Å². The first-order valence-corrected chi connectivity index (χ1v) is 7.03. The van der Waals surface area contributed by atoms with Crippen molar-refractivity contribution in [2.75, 3.05) is 10.2 Å². The summed E-state index contributed by atoms with van der Waals surface area (Å²) in [5.41, 5.74) is 2.45. The zero-order chi connectivity index (χ0) is 14.1. The van der Waals surface area contributed by atoms with E-state index in [0.29, 0.717) is 10.6 Å². The molecule has 1 amide bonds. The highest BCUT2D eigenvalue weighted by molar-refractivity contribution is 6.30. The Balaban J connectivity index is 2.05. The number of fused-ring (bicyclic) bond motifs is 1. The lowest BCUT2D eigenvalue weighted by Gasteiger charge is -2.37. The first-order valence-electron chi connectivity index (χ1n) is 6.65. The molecule has 0 aromatic heterocycles. The van der Waals surface area contributed by atoms with Gasteiger partial charge in [-0.1, -0.05) is 30.7 Å². The van der Waals surface area contributed by atoms with E-state index < -0.39 is 0 Å². The molecule has 102 valence electrons. The van der Waals surface area contributed by atoms with Gasteiger partial charge in [0.25, 0.3) is 5.91 Å². The summed E-state index contributed by atoms with van der Waals surface area (Å²) in [5.74, 6) is 0.0218. The van der Waals surface area contributed by atoms with E-state index in [2.05, 4.69) is 12.2 Å². The summed E-state index contributed by atoms with van der Waals surface area (Å²) < 4.78 is 0. The number of nitrogens with zero attached hydrogens (tertiary/aromatic N) is 1. The number of hydrogen-bond donors (Lipinski definition) is 1. The number of halogens is 1. The molecule has 0 saturated heterocycles. The molecular formula is C16H15ClN2O. The highest BCUT2D eigenvalue weighted by atomic mass is 35.5. The Hall–Kier alpha value is -2.00. The molecule has 2 aromatic rings. The van der Waals surface area contributed by atoms with Gasteiger partial charge in [-0.15, -0.1) is 0 Å². The summed E-state index contributed by atoms with van der Waals surface area (Å²) >= 11 is 5.92. The summed E-state index contributed by atoms with van der Waals surface area (Å²) in [6, 6.07) is 15.0. The second-order valence-electron chi connectivity index (χ2n) is 4.77. The molecule has 1 aliphatic heterocycles. The summed E-state index contributed by atoms with van der Waals surface area (Å²) in [6.07, 6.45) is 0.779. The fraction of sp³-hybridized carbons (Fsp3) is 0.188. The zero-order valence-corrected chi connectivity index (χ0v) is 11.9. The Morgan fingerprint density at radius 3 is 2.55 bits per heavy atom. The number of amides is 1. The maximum Gasteiger partial charge on any atom is 0.262 e. The van der Waals surface area contributed by atoms with Gasteiger partial charge in [0.2, 0.25) is 0 Å². The third kappa shape index (κ3) is 2.14. The van der Waals surface area contributed by atoms with Gasteiger partial charge in [-0.3, -0.25) is 9.69 Å². The van der Waals surface area contributed by atoms with Crippen molar-refractivity contribution in [3.63, 3.8) is 0 Å². The molecule has 1 unspecified atom stereocenters. The van der Waals surface area contributed by atoms with Crippen LogP contribution >= 0.6 is 11.6 Å². The molecule has 3 nitrogen and oxygen atoms in total.